The van der Waals surface area contributed by atoms with Crippen LogP contribution in [-0.4, -0.2) is 59.0 Å². The molecule has 0 bridgehead atoms. The summed E-state index contributed by atoms with van der Waals surface area (Å²) in [5, 5.41) is 4.60. The van der Waals surface area contributed by atoms with Gasteiger partial charge in [-0.25, -0.2) is 13.2 Å². The lowest BCUT2D eigenvalue weighted by Gasteiger charge is -2.30. The first-order valence-electron chi connectivity index (χ1n) is 11.4. The Bertz CT molecular complexity index is 1400. The maximum atomic E-state index is 13.2. The molecule has 0 atom stereocenters. The van der Waals surface area contributed by atoms with E-state index in [-0.39, 0.29) is 35.1 Å². The van der Waals surface area contributed by atoms with E-state index in [1.165, 1.54) is 37.8 Å². The highest BCUT2D eigenvalue weighted by molar-refractivity contribution is 7.89. The molecule has 10 heteroatoms. The zero-order valence-electron chi connectivity index (χ0n) is 20.3. The van der Waals surface area contributed by atoms with Gasteiger partial charge in [-0.3, -0.25) is 4.79 Å². The molecule has 190 valence electrons. The first-order valence-corrected chi connectivity index (χ1v) is 12.9. The predicted octanol–water partition coefficient (Wildman–Crippen LogP) is 3.68. The number of nitrogens with one attached hydrogen (secondary N) is 1. The number of piperidine rings is 1. The Morgan fingerprint density at radius 3 is 2.17 bits per heavy atom. The fourth-order valence-corrected chi connectivity index (χ4v) is 5.84. The van der Waals surface area contributed by atoms with Crippen molar-refractivity contribution < 1.29 is 32.2 Å². The van der Waals surface area contributed by atoms with Gasteiger partial charge in [-0.1, -0.05) is 30.3 Å². The monoisotopic (exact) mass is 512 g/mol. The van der Waals surface area contributed by atoms with Crippen LogP contribution < -0.4 is 14.8 Å². The molecule has 36 heavy (non-hydrogen) atoms. The molecule has 0 radical (unpaired) electrons. The van der Waals surface area contributed by atoms with Crippen LogP contribution >= 0.6 is 0 Å². The number of nitrogens with zero attached hydrogens (tertiary/aromatic N) is 1. The van der Waals surface area contributed by atoms with Gasteiger partial charge in [0, 0.05) is 31.1 Å². The second-order valence-electron chi connectivity index (χ2n) is 8.42. The maximum Gasteiger partial charge on any atom is 0.340 e. The lowest BCUT2D eigenvalue weighted by Crippen LogP contribution is -2.41. The van der Waals surface area contributed by atoms with Crippen molar-refractivity contribution in [3.05, 3.63) is 60.2 Å². The topological polar surface area (TPSA) is 111 Å². The summed E-state index contributed by atoms with van der Waals surface area (Å²) in [6.45, 7) is 0.423. The molecule has 1 amide bonds. The molecule has 0 aliphatic carbocycles. The van der Waals surface area contributed by atoms with Crippen LogP contribution in [0.25, 0.3) is 10.8 Å². The van der Waals surface area contributed by atoms with E-state index < -0.39 is 21.9 Å². The van der Waals surface area contributed by atoms with E-state index in [1.54, 1.807) is 18.2 Å². The average Bonchev–Trinajstić information content (AvgIpc) is 2.92. The van der Waals surface area contributed by atoms with Crippen molar-refractivity contribution in [2.24, 2.45) is 5.92 Å². The molecule has 3 aromatic rings. The number of benzene rings is 3. The number of methoxy groups -OCH3 is 3. The number of anilines is 1. The summed E-state index contributed by atoms with van der Waals surface area (Å²) in [4.78, 5) is 25.6. The molecule has 4 rings (SSSR count). The number of fused-ring (bicyclic) bond motifs is 1. The Balaban J connectivity index is 1.47. The molecule has 1 aliphatic rings. The van der Waals surface area contributed by atoms with E-state index in [1.807, 2.05) is 24.3 Å². The largest absolute Gasteiger partial charge is 0.493 e. The smallest absolute Gasteiger partial charge is 0.340 e. The van der Waals surface area contributed by atoms with Gasteiger partial charge in [-0.05, 0) is 35.7 Å². The Morgan fingerprint density at radius 2 is 1.53 bits per heavy atom. The van der Waals surface area contributed by atoms with Crippen LogP contribution in [-0.2, 0) is 19.6 Å². The normalized spacial score (nSPS) is 14.9. The lowest BCUT2D eigenvalue weighted by atomic mass is 9.97. The molecular formula is C26H28N2O7S. The van der Waals surface area contributed by atoms with Crippen LogP contribution in [0, 0.1) is 5.92 Å². The van der Waals surface area contributed by atoms with Gasteiger partial charge in [0.15, 0.2) is 11.5 Å². The molecule has 0 saturated carbocycles. The standard InChI is InChI=1S/C26H28N2O7S/c1-33-23-15-21(26(30)35-3)22(16-24(23)34-2)27-25(29)18-10-12-28(13-11-18)36(31,32)20-9-8-17-6-4-5-7-19(17)14-20/h4-9,14-16,18H,10-13H2,1-3H3,(H,27,29). The van der Waals surface area contributed by atoms with E-state index in [9.17, 15) is 18.0 Å². The third-order valence-electron chi connectivity index (χ3n) is 6.37. The third kappa shape index (κ3) is 5.00. The van der Waals surface area contributed by atoms with Gasteiger partial charge in [0.1, 0.15) is 0 Å². The fraction of sp³-hybridized carbons (Fsp3) is 0.308. The first-order chi connectivity index (χ1) is 17.3. The van der Waals surface area contributed by atoms with Crippen molar-refractivity contribution in [1.29, 1.82) is 0 Å². The SMILES string of the molecule is COC(=O)c1cc(OC)c(OC)cc1NC(=O)C1CCN(S(=O)(=O)c2ccc3ccccc3c2)CC1. The summed E-state index contributed by atoms with van der Waals surface area (Å²) < 4.78 is 43.2. The zero-order valence-corrected chi connectivity index (χ0v) is 21.1. The van der Waals surface area contributed by atoms with Crippen molar-refractivity contribution in [3.8, 4) is 11.5 Å². The Hall–Kier alpha value is -3.63. The summed E-state index contributed by atoms with van der Waals surface area (Å²) in [5.74, 6) is -0.704. The highest BCUT2D eigenvalue weighted by Gasteiger charge is 2.33. The van der Waals surface area contributed by atoms with Crippen LogP contribution in [0.4, 0.5) is 5.69 Å². The number of carbonyl (C=O) groups is 2. The van der Waals surface area contributed by atoms with Gasteiger partial charge in [0.05, 0.1) is 37.5 Å². The molecular weight excluding hydrogens is 484 g/mol. The molecule has 1 aliphatic heterocycles. The second-order valence-corrected chi connectivity index (χ2v) is 10.4. The number of sulfonamides is 1. The number of hydrogen-bond acceptors (Lipinski definition) is 7. The van der Waals surface area contributed by atoms with Crippen LogP contribution in [0.3, 0.4) is 0 Å². The zero-order chi connectivity index (χ0) is 25.9. The Morgan fingerprint density at radius 1 is 0.889 bits per heavy atom. The van der Waals surface area contributed by atoms with Crippen LogP contribution in [0.15, 0.2) is 59.5 Å². The number of amides is 1. The molecule has 1 fully saturated rings. The van der Waals surface area contributed by atoms with Gasteiger partial charge in [-0.15, -0.1) is 0 Å². The van der Waals surface area contributed by atoms with E-state index in [4.69, 9.17) is 14.2 Å². The summed E-state index contributed by atoms with van der Waals surface area (Å²) in [6.07, 6.45) is 0.693. The molecule has 1 heterocycles. The number of rotatable bonds is 7. The van der Waals surface area contributed by atoms with E-state index in [2.05, 4.69) is 5.32 Å². The number of esters is 1. The van der Waals surface area contributed by atoms with Gasteiger partial charge >= 0.3 is 5.97 Å². The lowest BCUT2D eigenvalue weighted by molar-refractivity contribution is -0.120. The highest BCUT2D eigenvalue weighted by Crippen LogP contribution is 2.34. The molecule has 3 aromatic carbocycles. The third-order valence-corrected chi connectivity index (χ3v) is 8.26. The minimum Gasteiger partial charge on any atom is -0.493 e. The van der Waals surface area contributed by atoms with Crippen LogP contribution in [0.1, 0.15) is 23.2 Å². The van der Waals surface area contributed by atoms with E-state index in [0.29, 0.717) is 24.3 Å². The minimum absolute atomic E-state index is 0.125. The van der Waals surface area contributed by atoms with Gasteiger partial charge in [0.25, 0.3) is 0 Å². The van der Waals surface area contributed by atoms with Crippen molar-refractivity contribution in [1.82, 2.24) is 4.31 Å². The predicted molar refractivity (Wildman–Crippen MR) is 135 cm³/mol. The molecule has 1 N–H and O–H groups in total. The van der Waals surface area contributed by atoms with Crippen molar-refractivity contribution in [2.75, 3.05) is 39.7 Å². The van der Waals surface area contributed by atoms with Crippen molar-refractivity contribution >= 4 is 38.4 Å². The number of ether oxygens (including phenoxy) is 3. The minimum atomic E-state index is -3.69. The molecule has 0 aromatic heterocycles. The van der Waals surface area contributed by atoms with Crippen LogP contribution in [0.2, 0.25) is 0 Å². The van der Waals surface area contributed by atoms with Gasteiger partial charge in [-0.2, -0.15) is 4.31 Å². The summed E-state index contributed by atoms with van der Waals surface area (Å²) >= 11 is 0. The van der Waals surface area contributed by atoms with Crippen molar-refractivity contribution in [2.45, 2.75) is 17.7 Å². The molecule has 9 nitrogen and oxygen atoms in total. The van der Waals surface area contributed by atoms with Gasteiger partial charge in [0.2, 0.25) is 15.9 Å². The second kappa shape index (κ2) is 10.5. The quantitative estimate of drug-likeness (QED) is 0.481. The maximum absolute atomic E-state index is 13.2. The summed E-state index contributed by atoms with van der Waals surface area (Å²) in [7, 11) is 0.450. The highest BCUT2D eigenvalue weighted by atomic mass is 32.2. The fourth-order valence-electron chi connectivity index (χ4n) is 4.33. The average molecular weight is 513 g/mol. The van der Waals surface area contributed by atoms with Gasteiger partial charge < -0.3 is 19.5 Å². The van der Waals surface area contributed by atoms with E-state index >= 15 is 0 Å². The Labute approximate surface area is 210 Å². The first kappa shape index (κ1) is 25.5. The number of hydrogen-bond donors (Lipinski definition) is 1. The molecule has 1 saturated heterocycles. The summed E-state index contributed by atoms with van der Waals surface area (Å²) in [5.41, 5.74) is 0.357. The Kier molecular flexibility index (Phi) is 7.46. The van der Waals surface area contributed by atoms with Crippen LogP contribution in [0.5, 0.6) is 11.5 Å². The van der Waals surface area contributed by atoms with E-state index in [0.717, 1.165) is 10.8 Å². The van der Waals surface area contributed by atoms with Crippen molar-refractivity contribution in [3.63, 3.8) is 0 Å². The number of carbonyl (C=O) groups excluding carboxylic acids is 2. The molecule has 0 spiro atoms. The summed E-state index contributed by atoms with van der Waals surface area (Å²) in [6, 6.07) is 15.6. The molecule has 0 unspecified atom stereocenters.